The fraction of sp³-hybridized carbons (Fsp3) is 0.929. The van der Waals surface area contributed by atoms with Crippen LogP contribution in [0, 0.1) is 0 Å². The third-order valence-corrected chi connectivity index (χ3v) is 3.59. The Balaban J connectivity index is 2.45. The summed E-state index contributed by atoms with van der Waals surface area (Å²) in [5.74, 6) is 0. The number of amides is 1. The molecule has 0 bridgehead atoms. The molecule has 0 aromatic carbocycles. The minimum absolute atomic E-state index is 0.154. The lowest BCUT2D eigenvalue weighted by Gasteiger charge is -2.38. The molecule has 1 rings (SSSR count). The molecule has 0 spiro atoms. The average Bonchev–Trinajstić information content (AvgIpc) is 2.25. The zero-order valence-electron chi connectivity index (χ0n) is 12.4. The van der Waals surface area contributed by atoms with Gasteiger partial charge in [-0.2, -0.15) is 0 Å². The summed E-state index contributed by atoms with van der Waals surface area (Å²) in [6.07, 6.45) is 2.32. The molecule has 0 saturated heterocycles. The Morgan fingerprint density at radius 1 is 1.32 bits per heavy atom. The van der Waals surface area contributed by atoms with Crippen molar-refractivity contribution < 1.29 is 19.7 Å². The van der Waals surface area contributed by atoms with E-state index in [4.69, 9.17) is 4.74 Å². The summed E-state index contributed by atoms with van der Waals surface area (Å²) in [6, 6.07) is -0.177. The predicted octanol–water partition coefficient (Wildman–Crippen LogP) is 2.47. The van der Waals surface area contributed by atoms with E-state index in [1.807, 2.05) is 27.7 Å². The number of ether oxygens (including phenoxy) is 1. The fourth-order valence-electron chi connectivity index (χ4n) is 2.70. The molecule has 0 heterocycles. The Morgan fingerprint density at radius 3 is 2.26 bits per heavy atom. The molecule has 1 aliphatic rings. The highest BCUT2D eigenvalue weighted by Gasteiger charge is 2.31. The Labute approximate surface area is 115 Å². The van der Waals surface area contributed by atoms with Gasteiger partial charge in [0.2, 0.25) is 0 Å². The molecule has 2 N–H and O–H groups in total. The van der Waals surface area contributed by atoms with Crippen LogP contribution in [0.4, 0.5) is 4.79 Å². The molecule has 1 atom stereocenters. The van der Waals surface area contributed by atoms with E-state index >= 15 is 0 Å². The molecule has 0 aliphatic heterocycles. The van der Waals surface area contributed by atoms with Gasteiger partial charge in [0, 0.05) is 5.54 Å². The van der Waals surface area contributed by atoms with Crippen LogP contribution >= 0.6 is 0 Å². The van der Waals surface area contributed by atoms with Crippen molar-refractivity contribution in [2.45, 2.75) is 77.2 Å². The average molecular weight is 273 g/mol. The first kappa shape index (κ1) is 16.2. The van der Waals surface area contributed by atoms with Gasteiger partial charge in [-0.15, -0.1) is 0 Å². The van der Waals surface area contributed by atoms with Gasteiger partial charge in [0.25, 0.3) is 0 Å². The first-order chi connectivity index (χ1) is 8.71. The van der Waals surface area contributed by atoms with Gasteiger partial charge < -0.3 is 14.9 Å². The zero-order valence-corrected chi connectivity index (χ0v) is 12.4. The minimum Gasteiger partial charge on any atom is -0.465 e. The molecule has 1 fully saturated rings. The van der Waals surface area contributed by atoms with Crippen LogP contribution in [0.3, 0.4) is 0 Å². The third kappa shape index (κ3) is 4.99. The summed E-state index contributed by atoms with van der Waals surface area (Å²) < 4.78 is 5.80. The summed E-state index contributed by atoms with van der Waals surface area (Å²) in [5.41, 5.74) is -0.433. The number of hydrogen-bond acceptors (Lipinski definition) is 3. The molecular weight excluding hydrogens is 246 g/mol. The molecule has 112 valence electrons. The van der Waals surface area contributed by atoms with Gasteiger partial charge in [0.05, 0.1) is 24.9 Å². The quantitative estimate of drug-likeness (QED) is 0.825. The summed E-state index contributed by atoms with van der Waals surface area (Å²) in [5, 5.41) is 18.7. The second-order valence-electron chi connectivity index (χ2n) is 6.44. The van der Waals surface area contributed by atoms with Gasteiger partial charge in [0.15, 0.2) is 0 Å². The standard InChI is InChI=1S/C14H27NO4/c1-10(15(13(17)18)14(2,3)4)9-19-12-7-5-11(16)6-8-12/h10-12,16H,5-9H2,1-4H3,(H,17,18)/t10-,11?,12?/m0/s1. The number of rotatable bonds is 4. The van der Waals surface area contributed by atoms with Crippen molar-refractivity contribution in [3.8, 4) is 0 Å². The van der Waals surface area contributed by atoms with E-state index in [-0.39, 0.29) is 18.2 Å². The number of aliphatic hydroxyl groups excluding tert-OH is 1. The first-order valence-electron chi connectivity index (χ1n) is 7.03. The lowest BCUT2D eigenvalue weighted by molar-refractivity contribution is -0.0340. The smallest absolute Gasteiger partial charge is 0.408 e. The van der Waals surface area contributed by atoms with E-state index < -0.39 is 11.6 Å². The van der Waals surface area contributed by atoms with Crippen LogP contribution in [0.5, 0.6) is 0 Å². The van der Waals surface area contributed by atoms with Crippen LogP contribution in [-0.4, -0.2) is 51.6 Å². The van der Waals surface area contributed by atoms with Crippen LogP contribution in [0.2, 0.25) is 0 Å². The maximum absolute atomic E-state index is 11.3. The second-order valence-corrected chi connectivity index (χ2v) is 6.44. The highest BCUT2D eigenvalue weighted by Crippen LogP contribution is 2.23. The summed E-state index contributed by atoms with van der Waals surface area (Å²) >= 11 is 0. The Morgan fingerprint density at radius 2 is 1.84 bits per heavy atom. The van der Waals surface area contributed by atoms with Crippen LogP contribution in [0.1, 0.15) is 53.4 Å². The molecular formula is C14H27NO4. The summed E-state index contributed by atoms with van der Waals surface area (Å²) in [4.78, 5) is 12.8. The lowest BCUT2D eigenvalue weighted by Crippen LogP contribution is -2.52. The molecule has 5 heteroatoms. The van der Waals surface area contributed by atoms with Gasteiger partial charge in [-0.1, -0.05) is 0 Å². The highest BCUT2D eigenvalue weighted by atomic mass is 16.5. The van der Waals surface area contributed by atoms with E-state index in [1.165, 1.54) is 4.90 Å². The molecule has 0 aromatic rings. The first-order valence-corrected chi connectivity index (χ1v) is 7.03. The maximum atomic E-state index is 11.3. The van der Waals surface area contributed by atoms with Crippen LogP contribution in [0.15, 0.2) is 0 Å². The SMILES string of the molecule is C[C@@H](COC1CCC(O)CC1)N(C(=O)O)C(C)(C)C. The van der Waals surface area contributed by atoms with E-state index in [0.717, 1.165) is 25.7 Å². The van der Waals surface area contributed by atoms with Crippen LogP contribution in [-0.2, 0) is 4.74 Å². The van der Waals surface area contributed by atoms with Gasteiger partial charge in [-0.05, 0) is 53.4 Å². The number of nitrogens with zero attached hydrogens (tertiary/aromatic N) is 1. The molecule has 19 heavy (non-hydrogen) atoms. The number of hydrogen-bond donors (Lipinski definition) is 2. The Bertz CT molecular complexity index is 292. The van der Waals surface area contributed by atoms with Crippen molar-refractivity contribution in [1.29, 1.82) is 0 Å². The maximum Gasteiger partial charge on any atom is 0.408 e. The van der Waals surface area contributed by atoms with Gasteiger partial charge in [-0.25, -0.2) is 4.79 Å². The van der Waals surface area contributed by atoms with E-state index in [1.54, 1.807) is 0 Å². The fourth-order valence-corrected chi connectivity index (χ4v) is 2.70. The molecule has 0 aromatic heterocycles. The van der Waals surface area contributed by atoms with Gasteiger partial charge in [0.1, 0.15) is 0 Å². The zero-order chi connectivity index (χ0) is 14.6. The Kier molecular flexibility index (Phi) is 5.62. The van der Waals surface area contributed by atoms with E-state index in [9.17, 15) is 15.0 Å². The van der Waals surface area contributed by atoms with E-state index in [0.29, 0.717) is 6.61 Å². The molecule has 0 unspecified atom stereocenters. The second kappa shape index (κ2) is 6.57. The van der Waals surface area contributed by atoms with Crippen LogP contribution < -0.4 is 0 Å². The Hall–Kier alpha value is -0.810. The number of carboxylic acid groups (broad SMARTS) is 1. The highest BCUT2D eigenvalue weighted by molar-refractivity contribution is 5.66. The van der Waals surface area contributed by atoms with Crippen molar-refractivity contribution in [2.24, 2.45) is 0 Å². The third-order valence-electron chi connectivity index (χ3n) is 3.59. The van der Waals surface area contributed by atoms with Crippen molar-refractivity contribution in [1.82, 2.24) is 4.90 Å². The minimum atomic E-state index is -0.914. The normalized spacial score (nSPS) is 25.9. The van der Waals surface area contributed by atoms with E-state index in [2.05, 4.69) is 0 Å². The molecule has 1 aliphatic carbocycles. The van der Waals surface area contributed by atoms with Gasteiger partial charge in [-0.3, -0.25) is 4.90 Å². The summed E-state index contributed by atoms with van der Waals surface area (Å²) in [7, 11) is 0. The largest absolute Gasteiger partial charge is 0.465 e. The van der Waals surface area contributed by atoms with Crippen LogP contribution in [0.25, 0.3) is 0 Å². The molecule has 0 radical (unpaired) electrons. The number of aliphatic hydroxyl groups is 1. The van der Waals surface area contributed by atoms with Crippen molar-refractivity contribution >= 4 is 6.09 Å². The molecule has 1 amide bonds. The predicted molar refractivity (Wildman–Crippen MR) is 73.3 cm³/mol. The summed E-state index contributed by atoms with van der Waals surface area (Å²) in [6.45, 7) is 7.93. The van der Waals surface area contributed by atoms with Crippen molar-refractivity contribution in [3.05, 3.63) is 0 Å². The lowest BCUT2D eigenvalue weighted by atomic mass is 9.95. The van der Waals surface area contributed by atoms with Crippen molar-refractivity contribution in [3.63, 3.8) is 0 Å². The van der Waals surface area contributed by atoms with Gasteiger partial charge >= 0.3 is 6.09 Å². The molecule has 1 saturated carbocycles. The number of carbonyl (C=O) groups is 1. The van der Waals surface area contributed by atoms with Crippen molar-refractivity contribution in [2.75, 3.05) is 6.61 Å². The topological polar surface area (TPSA) is 70.0 Å². The molecule has 5 nitrogen and oxygen atoms in total. The monoisotopic (exact) mass is 273 g/mol.